The number of ether oxygens (including phenoxy) is 1. The predicted octanol–water partition coefficient (Wildman–Crippen LogP) is -0.135. The van der Waals surface area contributed by atoms with Crippen LogP contribution in [0, 0.1) is 0 Å². The van der Waals surface area contributed by atoms with Crippen LogP contribution in [-0.2, 0) is 14.8 Å². The molecule has 1 N–H and O–H groups in total. The second kappa shape index (κ2) is 7.98. The van der Waals surface area contributed by atoms with E-state index in [0.717, 1.165) is 26.2 Å². The van der Waals surface area contributed by atoms with Crippen molar-refractivity contribution in [3.8, 4) is 0 Å². The van der Waals surface area contributed by atoms with Crippen LogP contribution in [0.5, 0.6) is 0 Å². The van der Waals surface area contributed by atoms with E-state index in [1.54, 1.807) is 0 Å². The van der Waals surface area contributed by atoms with Gasteiger partial charge in [0.05, 0.1) is 6.26 Å². The van der Waals surface area contributed by atoms with Gasteiger partial charge in [-0.2, -0.15) is 4.31 Å². The molecule has 1 fully saturated rings. The first-order valence-electron chi connectivity index (χ1n) is 6.50. The second-order valence-electron chi connectivity index (χ2n) is 4.43. The van der Waals surface area contributed by atoms with Gasteiger partial charge in [0.15, 0.2) is 5.11 Å². The third kappa shape index (κ3) is 6.03. The van der Waals surface area contributed by atoms with E-state index in [-0.39, 0.29) is 0 Å². The van der Waals surface area contributed by atoms with Gasteiger partial charge in [0, 0.05) is 45.9 Å². The lowest BCUT2D eigenvalue weighted by atomic mass is 10.4. The highest BCUT2D eigenvalue weighted by Gasteiger charge is 2.24. The number of rotatable bonds is 6. The fourth-order valence-electron chi connectivity index (χ4n) is 1.85. The van der Waals surface area contributed by atoms with Crippen molar-refractivity contribution in [1.82, 2.24) is 14.5 Å². The maximum Gasteiger partial charge on any atom is 0.211 e. The van der Waals surface area contributed by atoms with E-state index in [1.807, 2.05) is 11.8 Å². The summed E-state index contributed by atoms with van der Waals surface area (Å²) in [5.41, 5.74) is 0. The van der Waals surface area contributed by atoms with E-state index in [0.29, 0.717) is 31.3 Å². The number of nitrogens with zero attached hydrogens (tertiary/aromatic N) is 2. The van der Waals surface area contributed by atoms with E-state index in [2.05, 4.69) is 5.32 Å². The van der Waals surface area contributed by atoms with Crippen molar-refractivity contribution >= 4 is 27.4 Å². The van der Waals surface area contributed by atoms with Crippen LogP contribution in [0.4, 0.5) is 0 Å². The molecular formula is C11H23N3O3S2. The number of nitrogens with one attached hydrogen (secondary N) is 1. The van der Waals surface area contributed by atoms with Gasteiger partial charge in [-0.15, -0.1) is 0 Å². The van der Waals surface area contributed by atoms with E-state index in [9.17, 15) is 8.42 Å². The smallest absolute Gasteiger partial charge is 0.211 e. The Hall–Kier alpha value is -0.440. The Morgan fingerprint density at radius 2 is 1.95 bits per heavy atom. The Morgan fingerprint density at radius 1 is 1.32 bits per heavy atom. The molecule has 1 heterocycles. The van der Waals surface area contributed by atoms with Crippen LogP contribution in [0.2, 0.25) is 0 Å². The van der Waals surface area contributed by atoms with Crippen LogP contribution in [0.25, 0.3) is 0 Å². The Labute approximate surface area is 121 Å². The molecule has 0 aromatic carbocycles. The Balaban J connectivity index is 2.22. The van der Waals surface area contributed by atoms with Crippen molar-refractivity contribution in [3.05, 3.63) is 0 Å². The summed E-state index contributed by atoms with van der Waals surface area (Å²) >= 11 is 5.29. The second-order valence-corrected chi connectivity index (χ2v) is 6.80. The number of piperazine rings is 1. The van der Waals surface area contributed by atoms with Gasteiger partial charge in [-0.3, -0.25) is 0 Å². The fourth-order valence-corrected chi connectivity index (χ4v) is 2.96. The van der Waals surface area contributed by atoms with Crippen molar-refractivity contribution in [1.29, 1.82) is 0 Å². The Bertz CT molecular complexity index is 379. The highest BCUT2D eigenvalue weighted by Crippen LogP contribution is 2.06. The lowest BCUT2D eigenvalue weighted by Crippen LogP contribution is -2.52. The van der Waals surface area contributed by atoms with E-state index in [4.69, 9.17) is 17.0 Å². The molecule has 0 bridgehead atoms. The fraction of sp³-hybridized carbons (Fsp3) is 0.909. The third-order valence-electron chi connectivity index (χ3n) is 2.94. The maximum atomic E-state index is 11.4. The summed E-state index contributed by atoms with van der Waals surface area (Å²) in [6, 6.07) is 0. The van der Waals surface area contributed by atoms with Crippen LogP contribution in [-0.4, -0.2) is 74.9 Å². The normalized spacial score (nSPS) is 17.5. The maximum absolute atomic E-state index is 11.4. The molecule has 1 aliphatic heterocycles. The number of sulfonamides is 1. The van der Waals surface area contributed by atoms with E-state index < -0.39 is 10.0 Å². The average molecular weight is 309 g/mol. The van der Waals surface area contributed by atoms with Crippen LogP contribution < -0.4 is 5.32 Å². The first kappa shape index (κ1) is 16.6. The molecule has 0 aromatic rings. The molecule has 19 heavy (non-hydrogen) atoms. The van der Waals surface area contributed by atoms with Crippen LogP contribution >= 0.6 is 12.2 Å². The van der Waals surface area contributed by atoms with Gasteiger partial charge in [0.25, 0.3) is 0 Å². The highest BCUT2D eigenvalue weighted by molar-refractivity contribution is 7.88. The number of thiocarbonyl (C=S) groups is 1. The topological polar surface area (TPSA) is 61.9 Å². The zero-order valence-corrected chi connectivity index (χ0v) is 13.2. The lowest BCUT2D eigenvalue weighted by molar-refractivity contribution is 0.145. The quantitative estimate of drug-likeness (QED) is 0.544. The Kier molecular flexibility index (Phi) is 6.98. The van der Waals surface area contributed by atoms with Gasteiger partial charge < -0.3 is 15.0 Å². The van der Waals surface area contributed by atoms with Gasteiger partial charge >= 0.3 is 0 Å². The molecule has 1 aliphatic rings. The molecule has 8 heteroatoms. The molecule has 0 saturated carbocycles. The van der Waals surface area contributed by atoms with Crippen LogP contribution in [0.15, 0.2) is 0 Å². The van der Waals surface area contributed by atoms with Crippen molar-refractivity contribution in [3.63, 3.8) is 0 Å². The zero-order valence-electron chi connectivity index (χ0n) is 11.6. The summed E-state index contributed by atoms with van der Waals surface area (Å²) < 4.78 is 29.5. The zero-order chi connectivity index (χ0) is 14.3. The third-order valence-corrected chi connectivity index (χ3v) is 4.65. The molecule has 112 valence electrons. The van der Waals surface area contributed by atoms with Gasteiger partial charge in [0.1, 0.15) is 0 Å². The largest absolute Gasteiger partial charge is 0.382 e. The summed E-state index contributed by atoms with van der Waals surface area (Å²) in [6.07, 6.45) is 2.16. The summed E-state index contributed by atoms with van der Waals surface area (Å²) in [6.45, 7) is 6.50. The van der Waals surface area contributed by atoms with Crippen molar-refractivity contribution in [2.24, 2.45) is 0 Å². The minimum Gasteiger partial charge on any atom is -0.382 e. The molecule has 0 atom stereocenters. The SMILES string of the molecule is CCOCCCNC(=S)N1CCN(S(C)(=O)=O)CC1. The van der Waals surface area contributed by atoms with Gasteiger partial charge in [0.2, 0.25) is 10.0 Å². The molecule has 0 amide bonds. The standard InChI is InChI=1S/C11H23N3O3S2/c1-3-17-10-4-5-12-11(18)13-6-8-14(9-7-13)19(2,15)16/h3-10H2,1-2H3,(H,12,18). The summed E-state index contributed by atoms with van der Waals surface area (Å²) in [4.78, 5) is 2.01. The molecule has 1 rings (SSSR count). The lowest BCUT2D eigenvalue weighted by Gasteiger charge is -2.34. The van der Waals surface area contributed by atoms with Crippen molar-refractivity contribution < 1.29 is 13.2 Å². The average Bonchev–Trinajstić information content (AvgIpc) is 2.37. The summed E-state index contributed by atoms with van der Waals surface area (Å²) in [5.74, 6) is 0. The van der Waals surface area contributed by atoms with Gasteiger partial charge in [-0.25, -0.2) is 8.42 Å². The minimum absolute atomic E-state index is 0.500. The van der Waals surface area contributed by atoms with Crippen LogP contribution in [0.1, 0.15) is 13.3 Å². The predicted molar refractivity (Wildman–Crippen MR) is 79.7 cm³/mol. The molecule has 0 spiro atoms. The first-order valence-corrected chi connectivity index (χ1v) is 8.76. The van der Waals surface area contributed by atoms with Crippen LogP contribution in [0.3, 0.4) is 0 Å². The van der Waals surface area contributed by atoms with E-state index >= 15 is 0 Å². The van der Waals surface area contributed by atoms with E-state index in [1.165, 1.54) is 10.6 Å². The van der Waals surface area contributed by atoms with Crippen molar-refractivity contribution in [2.75, 3.05) is 52.2 Å². The molecule has 0 aromatic heterocycles. The number of hydrogen-bond donors (Lipinski definition) is 1. The summed E-state index contributed by atoms with van der Waals surface area (Å²) in [5, 5.41) is 3.87. The molecule has 1 saturated heterocycles. The first-order chi connectivity index (χ1) is 8.95. The molecule has 0 unspecified atom stereocenters. The summed E-state index contributed by atoms with van der Waals surface area (Å²) in [7, 11) is -3.08. The number of hydrogen-bond acceptors (Lipinski definition) is 4. The monoisotopic (exact) mass is 309 g/mol. The minimum atomic E-state index is -3.08. The highest BCUT2D eigenvalue weighted by atomic mass is 32.2. The molecule has 0 aliphatic carbocycles. The van der Waals surface area contributed by atoms with Gasteiger partial charge in [-0.05, 0) is 25.6 Å². The van der Waals surface area contributed by atoms with Crippen molar-refractivity contribution in [2.45, 2.75) is 13.3 Å². The molecule has 0 radical (unpaired) electrons. The Morgan fingerprint density at radius 3 is 2.47 bits per heavy atom. The van der Waals surface area contributed by atoms with Gasteiger partial charge in [-0.1, -0.05) is 0 Å². The molecular weight excluding hydrogens is 286 g/mol. The molecule has 6 nitrogen and oxygen atoms in total.